The minimum atomic E-state index is -0.338. The Balaban J connectivity index is 2.21. The van der Waals surface area contributed by atoms with Gasteiger partial charge < -0.3 is 9.47 Å². The first-order valence-electron chi connectivity index (χ1n) is 10.5. The Bertz CT molecular complexity index is 755. The molecule has 0 saturated heterocycles. The van der Waals surface area contributed by atoms with E-state index in [1.807, 2.05) is 57.2 Å². The minimum absolute atomic E-state index is 0.0645. The highest BCUT2D eigenvalue weighted by molar-refractivity contribution is 5.90. The van der Waals surface area contributed by atoms with Gasteiger partial charge in [-0.2, -0.15) is 0 Å². The van der Waals surface area contributed by atoms with Crippen LogP contribution in [0.15, 0.2) is 60.7 Å². The Morgan fingerprint density at radius 1 is 0.793 bits per heavy atom. The van der Waals surface area contributed by atoms with Crippen LogP contribution in [0.5, 0.6) is 0 Å². The van der Waals surface area contributed by atoms with E-state index in [0.29, 0.717) is 17.5 Å². The highest BCUT2D eigenvalue weighted by Crippen LogP contribution is 2.29. The minimum Gasteiger partial charge on any atom is -0.458 e. The van der Waals surface area contributed by atoms with E-state index in [2.05, 4.69) is 6.92 Å². The van der Waals surface area contributed by atoms with Crippen molar-refractivity contribution in [1.82, 2.24) is 0 Å². The van der Waals surface area contributed by atoms with Gasteiger partial charge in [0.2, 0.25) is 0 Å². The van der Waals surface area contributed by atoms with Gasteiger partial charge in [-0.25, -0.2) is 9.59 Å². The average Bonchev–Trinajstić information content (AvgIpc) is 2.75. The summed E-state index contributed by atoms with van der Waals surface area (Å²) >= 11 is 0. The van der Waals surface area contributed by atoms with Gasteiger partial charge in [0.15, 0.2) is 0 Å². The number of carbonyl (C=O) groups is 2. The van der Waals surface area contributed by atoms with E-state index in [0.717, 1.165) is 12.8 Å². The predicted octanol–water partition coefficient (Wildman–Crippen LogP) is 5.92. The quantitative estimate of drug-likeness (QED) is 0.468. The lowest BCUT2D eigenvalue weighted by Gasteiger charge is -2.34. The summed E-state index contributed by atoms with van der Waals surface area (Å²) in [5, 5.41) is 0. The lowest BCUT2D eigenvalue weighted by atomic mass is 9.84. The van der Waals surface area contributed by atoms with E-state index in [1.54, 1.807) is 24.3 Å². The molecule has 0 heterocycles. The van der Waals surface area contributed by atoms with Crippen LogP contribution < -0.4 is 0 Å². The second kappa shape index (κ2) is 11.4. The molecular formula is C25H32O4. The smallest absolute Gasteiger partial charge is 0.338 e. The molecular weight excluding hydrogens is 364 g/mol. The molecule has 0 fully saturated rings. The van der Waals surface area contributed by atoms with Crippen LogP contribution in [-0.2, 0) is 9.47 Å². The summed E-state index contributed by atoms with van der Waals surface area (Å²) in [4.78, 5) is 25.3. The Kier molecular flexibility index (Phi) is 8.91. The monoisotopic (exact) mass is 396 g/mol. The van der Waals surface area contributed by atoms with Crippen LogP contribution in [0, 0.1) is 11.8 Å². The molecule has 0 bridgehead atoms. The molecule has 4 heteroatoms. The fraction of sp³-hybridized carbons (Fsp3) is 0.440. The maximum Gasteiger partial charge on any atom is 0.338 e. The van der Waals surface area contributed by atoms with Gasteiger partial charge in [0.05, 0.1) is 11.1 Å². The highest BCUT2D eigenvalue weighted by atomic mass is 16.6. The lowest BCUT2D eigenvalue weighted by molar-refractivity contribution is -0.0507. The van der Waals surface area contributed by atoms with E-state index in [-0.39, 0.29) is 36.0 Å². The molecule has 3 atom stereocenters. The summed E-state index contributed by atoms with van der Waals surface area (Å²) in [6, 6.07) is 18.0. The van der Waals surface area contributed by atoms with Crippen molar-refractivity contribution in [2.24, 2.45) is 11.8 Å². The van der Waals surface area contributed by atoms with Crippen molar-refractivity contribution in [1.29, 1.82) is 0 Å². The summed E-state index contributed by atoms with van der Waals surface area (Å²) in [6.07, 6.45) is 1.73. The summed E-state index contributed by atoms with van der Waals surface area (Å²) in [5.74, 6) is -0.640. The molecule has 0 amide bonds. The van der Waals surface area contributed by atoms with E-state index < -0.39 is 0 Å². The zero-order valence-corrected chi connectivity index (χ0v) is 17.8. The summed E-state index contributed by atoms with van der Waals surface area (Å²) in [7, 11) is 0. The SMILES string of the molecule is CCCC(C(CC)OC(=O)c1ccccc1)C(OC(=O)c1ccccc1)C(C)C. The van der Waals surface area contributed by atoms with Crippen molar-refractivity contribution < 1.29 is 19.1 Å². The van der Waals surface area contributed by atoms with Gasteiger partial charge in [0, 0.05) is 5.92 Å². The number of esters is 2. The van der Waals surface area contributed by atoms with Crippen molar-refractivity contribution in [3.63, 3.8) is 0 Å². The molecule has 0 aromatic heterocycles. The molecule has 3 unspecified atom stereocenters. The van der Waals surface area contributed by atoms with Crippen molar-refractivity contribution in [2.75, 3.05) is 0 Å². The topological polar surface area (TPSA) is 52.6 Å². The Hall–Kier alpha value is -2.62. The number of ether oxygens (including phenoxy) is 2. The molecule has 0 aliphatic rings. The molecule has 4 nitrogen and oxygen atoms in total. The van der Waals surface area contributed by atoms with Crippen LogP contribution in [0.3, 0.4) is 0 Å². The number of hydrogen-bond acceptors (Lipinski definition) is 4. The molecule has 0 spiro atoms. The summed E-state index contributed by atoms with van der Waals surface area (Å²) in [5.41, 5.74) is 1.06. The molecule has 0 N–H and O–H groups in total. The van der Waals surface area contributed by atoms with Gasteiger partial charge in [-0.15, -0.1) is 0 Å². The largest absolute Gasteiger partial charge is 0.458 e. The fourth-order valence-corrected chi connectivity index (χ4v) is 3.63. The normalized spacial score (nSPS) is 14.1. The van der Waals surface area contributed by atoms with Crippen molar-refractivity contribution in [3.8, 4) is 0 Å². The first kappa shape index (κ1) is 22.7. The first-order valence-corrected chi connectivity index (χ1v) is 10.5. The van der Waals surface area contributed by atoms with Gasteiger partial charge >= 0.3 is 11.9 Å². The predicted molar refractivity (Wildman–Crippen MR) is 115 cm³/mol. The van der Waals surface area contributed by atoms with Crippen LogP contribution in [0.25, 0.3) is 0 Å². The lowest BCUT2D eigenvalue weighted by Crippen LogP contribution is -2.40. The standard InChI is InChI=1S/C25H32O4/c1-5-13-21(22(6-2)28-24(26)19-14-9-7-10-15-19)23(18(3)4)29-25(27)20-16-11-8-12-17-20/h7-12,14-18,21-23H,5-6,13H2,1-4H3. The van der Waals surface area contributed by atoms with E-state index in [9.17, 15) is 9.59 Å². The van der Waals surface area contributed by atoms with Crippen molar-refractivity contribution in [2.45, 2.75) is 59.2 Å². The van der Waals surface area contributed by atoms with Crippen molar-refractivity contribution >= 4 is 11.9 Å². The zero-order valence-electron chi connectivity index (χ0n) is 17.8. The molecule has 0 saturated carbocycles. The third kappa shape index (κ3) is 6.45. The maximum absolute atomic E-state index is 12.7. The molecule has 0 radical (unpaired) electrons. The summed E-state index contributed by atoms with van der Waals surface area (Å²) < 4.78 is 11.8. The van der Waals surface area contributed by atoms with E-state index >= 15 is 0 Å². The summed E-state index contributed by atoms with van der Waals surface area (Å²) in [6.45, 7) is 8.17. The highest BCUT2D eigenvalue weighted by Gasteiger charge is 2.35. The molecule has 0 aliphatic heterocycles. The van der Waals surface area contributed by atoms with E-state index in [1.165, 1.54) is 0 Å². The molecule has 2 rings (SSSR count). The van der Waals surface area contributed by atoms with E-state index in [4.69, 9.17) is 9.47 Å². The van der Waals surface area contributed by atoms with Gasteiger partial charge in [-0.05, 0) is 43.0 Å². The third-order valence-corrected chi connectivity index (χ3v) is 5.10. The Morgan fingerprint density at radius 3 is 1.69 bits per heavy atom. The van der Waals surface area contributed by atoms with Crippen LogP contribution >= 0.6 is 0 Å². The average molecular weight is 397 g/mol. The number of benzene rings is 2. The third-order valence-electron chi connectivity index (χ3n) is 5.10. The second-order valence-electron chi connectivity index (χ2n) is 7.65. The van der Waals surface area contributed by atoms with Crippen LogP contribution in [-0.4, -0.2) is 24.1 Å². The molecule has 156 valence electrons. The molecule has 2 aromatic carbocycles. The van der Waals surface area contributed by atoms with Gasteiger partial charge in [-0.1, -0.05) is 70.5 Å². The van der Waals surface area contributed by atoms with Crippen LogP contribution in [0.4, 0.5) is 0 Å². The van der Waals surface area contributed by atoms with Crippen molar-refractivity contribution in [3.05, 3.63) is 71.8 Å². The fourth-order valence-electron chi connectivity index (χ4n) is 3.63. The first-order chi connectivity index (χ1) is 14.0. The maximum atomic E-state index is 12.7. The Morgan fingerprint density at radius 2 is 1.28 bits per heavy atom. The molecule has 2 aromatic rings. The van der Waals surface area contributed by atoms with Gasteiger partial charge in [0.1, 0.15) is 12.2 Å². The second-order valence-corrected chi connectivity index (χ2v) is 7.65. The van der Waals surface area contributed by atoms with Crippen LogP contribution in [0.1, 0.15) is 67.7 Å². The molecule has 29 heavy (non-hydrogen) atoms. The zero-order chi connectivity index (χ0) is 21.2. The molecule has 0 aliphatic carbocycles. The van der Waals surface area contributed by atoms with Gasteiger partial charge in [0.25, 0.3) is 0 Å². The number of hydrogen-bond donors (Lipinski definition) is 0. The number of rotatable bonds is 10. The van der Waals surface area contributed by atoms with Gasteiger partial charge in [-0.3, -0.25) is 0 Å². The number of carbonyl (C=O) groups excluding carboxylic acids is 2. The Labute approximate surface area is 174 Å². The van der Waals surface area contributed by atoms with Crippen LogP contribution in [0.2, 0.25) is 0 Å².